The molecule has 0 aliphatic heterocycles. The highest BCUT2D eigenvalue weighted by Crippen LogP contribution is 2.19. The first-order chi connectivity index (χ1) is 9.95. The highest BCUT2D eigenvalue weighted by atomic mass is 35.5. The van der Waals surface area contributed by atoms with Gasteiger partial charge in [0.1, 0.15) is 5.82 Å². The number of halogens is 2. The fraction of sp³-hybridized carbons (Fsp3) is 0.467. The van der Waals surface area contributed by atoms with E-state index in [1.54, 1.807) is 0 Å². The summed E-state index contributed by atoms with van der Waals surface area (Å²) < 4.78 is 13.6. The number of hydrogen-bond donors (Lipinski definition) is 2. The van der Waals surface area contributed by atoms with E-state index in [2.05, 4.69) is 5.32 Å². The van der Waals surface area contributed by atoms with Gasteiger partial charge in [-0.2, -0.15) is 0 Å². The first kappa shape index (κ1) is 17.4. The standard InChI is InChI=1S/C15H19ClFNO3/c1-2-10(6-7-13(19)20)8-9-18-15(21)14-11(16)4-3-5-12(14)17/h3-5,10H,2,6-9H2,1H3,(H,18,21)(H,19,20). The molecule has 4 nitrogen and oxygen atoms in total. The molecule has 0 saturated carbocycles. The average Bonchev–Trinajstić information content (AvgIpc) is 2.42. The number of nitrogens with one attached hydrogen (secondary N) is 1. The van der Waals surface area contributed by atoms with Crippen molar-refractivity contribution in [3.05, 3.63) is 34.6 Å². The Balaban J connectivity index is 2.47. The number of carboxylic acids is 1. The molecule has 1 atom stereocenters. The number of carbonyl (C=O) groups is 2. The Morgan fingerprint density at radius 3 is 2.67 bits per heavy atom. The smallest absolute Gasteiger partial charge is 0.303 e. The maximum Gasteiger partial charge on any atom is 0.303 e. The lowest BCUT2D eigenvalue weighted by molar-refractivity contribution is -0.137. The van der Waals surface area contributed by atoms with E-state index in [-0.39, 0.29) is 22.9 Å². The molecule has 0 aliphatic carbocycles. The van der Waals surface area contributed by atoms with Crippen molar-refractivity contribution in [2.75, 3.05) is 6.54 Å². The van der Waals surface area contributed by atoms with Crippen LogP contribution in [0.3, 0.4) is 0 Å². The molecular weight excluding hydrogens is 297 g/mol. The number of aliphatic carboxylic acids is 1. The molecule has 0 aliphatic rings. The molecule has 0 aromatic heterocycles. The van der Waals surface area contributed by atoms with Crippen molar-refractivity contribution in [2.24, 2.45) is 5.92 Å². The van der Waals surface area contributed by atoms with Gasteiger partial charge in [-0.05, 0) is 30.9 Å². The van der Waals surface area contributed by atoms with Crippen LogP contribution in [0.4, 0.5) is 4.39 Å². The van der Waals surface area contributed by atoms with Gasteiger partial charge in [-0.25, -0.2) is 4.39 Å². The summed E-state index contributed by atoms with van der Waals surface area (Å²) >= 11 is 5.81. The summed E-state index contributed by atoms with van der Waals surface area (Å²) in [6.07, 6.45) is 2.18. The SMILES string of the molecule is CCC(CCNC(=O)c1c(F)cccc1Cl)CCC(=O)O. The first-order valence-corrected chi connectivity index (χ1v) is 7.27. The molecule has 116 valence electrons. The van der Waals surface area contributed by atoms with Gasteiger partial charge in [0.15, 0.2) is 0 Å². The van der Waals surface area contributed by atoms with Crippen molar-refractivity contribution in [1.82, 2.24) is 5.32 Å². The van der Waals surface area contributed by atoms with E-state index < -0.39 is 17.7 Å². The van der Waals surface area contributed by atoms with Gasteiger partial charge in [-0.15, -0.1) is 0 Å². The molecule has 0 heterocycles. The quantitative estimate of drug-likeness (QED) is 0.771. The van der Waals surface area contributed by atoms with Gasteiger partial charge >= 0.3 is 5.97 Å². The van der Waals surface area contributed by atoms with Crippen molar-refractivity contribution >= 4 is 23.5 Å². The molecule has 1 amide bonds. The average molecular weight is 316 g/mol. The fourth-order valence-electron chi connectivity index (χ4n) is 2.07. The minimum absolute atomic E-state index is 0.0745. The van der Waals surface area contributed by atoms with Crippen LogP contribution < -0.4 is 5.32 Å². The molecule has 1 aromatic carbocycles. The van der Waals surface area contributed by atoms with Crippen molar-refractivity contribution in [3.8, 4) is 0 Å². The van der Waals surface area contributed by atoms with Crippen LogP contribution >= 0.6 is 11.6 Å². The van der Waals surface area contributed by atoms with Crippen molar-refractivity contribution < 1.29 is 19.1 Å². The zero-order chi connectivity index (χ0) is 15.8. The lowest BCUT2D eigenvalue weighted by Crippen LogP contribution is -2.27. The van der Waals surface area contributed by atoms with Crippen LogP contribution in [0.25, 0.3) is 0 Å². The summed E-state index contributed by atoms with van der Waals surface area (Å²) in [6, 6.07) is 4.08. The monoisotopic (exact) mass is 315 g/mol. The number of amides is 1. The summed E-state index contributed by atoms with van der Waals surface area (Å²) in [5, 5.41) is 11.4. The maximum atomic E-state index is 13.6. The molecule has 2 N–H and O–H groups in total. The second-order valence-corrected chi connectivity index (χ2v) is 5.26. The second-order valence-electron chi connectivity index (χ2n) is 4.85. The summed E-state index contributed by atoms with van der Waals surface area (Å²) in [4.78, 5) is 22.4. The molecular formula is C15H19ClFNO3. The molecule has 0 saturated heterocycles. The number of benzene rings is 1. The van der Waals surface area contributed by atoms with Crippen molar-refractivity contribution in [3.63, 3.8) is 0 Å². The Bertz CT molecular complexity index is 487. The van der Waals surface area contributed by atoms with Crippen LogP contribution in [0.15, 0.2) is 18.2 Å². The van der Waals surface area contributed by atoms with Gasteiger partial charge in [0.25, 0.3) is 5.91 Å². The predicted molar refractivity (Wildman–Crippen MR) is 79.0 cm³/mol. The van der Waals surface area contributed by atoms with Crippen molar-refractivity contribution in [2.45, 2.75) is 32.6 Å². The molecule has 0 spiro atoms. The number of hydrogen-bond acceptors (Lipinski definition) is 2. The highest BCUT2D eigenvalue weighted by molar-refractivity contribution is 6.33. The number of carboxylic acid groups (broad SMARTS) is 1. The summed E-state index contributed by atoms with van der Waals surface area (Å²) in [6.45, 7) is 2.34. The first-order valence-electron chi connectivity index (χ1n) is 6.89. The van der Waals surface area contributed by atoms with E-state index in [4.69, 9.17) is 16.7 Å². The van der Waals surface area contributed by atoms with Gasteiger partial charge in [-0.3, -0.25) is 9.59 Å². The highest BCUT2D eigenvalue weighted by Gasteiger charge is 2.16. The summed E-state index contributed by atoms with van der Waals surface area (Å²) in [7, 11) is 0. The third-order valence-electron chi connectivity index (χ3n) is 3.37. The third-order valence-corrected chi connectivity index (χ3v) is 3.69. The Labute approximate surface area is 128 Å². The predicted octanol–water partition coefficient (Wildman–Crippen LogP) is 3.49. The van der Waals surface area contributed by atoms with E-state index in [1.807, 2.05) is 6.92 Å². The zero-order valence-electron chi connectivity index (χ0n) is 11.9. The fourth-order valence-corrected chi connectivity index (χ4v) is 2.32. The molecule has 0 radical (unpaired) electrons. The normalized spacial score (nSPS) is 12.0. The Morgan fingerprint density at radius 1 is 1.38 bits per heavy atom. The minimum atomic E-state index is -0.823. The second kappa shape index (κ2) is 8.62. The topological polar surface area (TPSA) is 66.4 Å². The molecule has 0 fully saturated rings. The summed E-state index contributed by atoms with van der Waals surface area (Å²) in [5.41, 5.74) is -0.155. The zero-order valence-corrected chi connectivity index (χ0v) is 12.6. The number of rotatable bonds is 8. The van der Waals surface area contributed by atoms with Crippen LogP contribution in [-0.2, 0) is 4.79 Å². The molecule has 1 aromatic rings. The van der Waals surface area contributed by atoms with Crippen LogP contribution in [0.1, 0.15) is 43.0 Å². The van der Waals surface area contributed by atoms with Gasteiger partial charge < -0.3 is 10.4 Å². The molecule has 1 rings (SSSR count). The van der Waals surface area contributed by atoms with E-state index in [9.17, 15) is 14.0 Å². The molecule has 0 bridgehead atoms. The largest absolute Gasteiger partial charge is 0.481 e. The third kappa shape index (κ3) is 5.71. The maximum absolute atomic E-state index is 13.6. The van der Waals surface area contributed by atoms with Crippen LogP contribution in [0, 0.1) is 11.7 Å². The number of carbonyl (C=O) groups excluding carboxylic acids is 1. The molecule has 21 heavy (non-hydrogen) atoms. The van der Waals surface area contributed by atoms with Crippen molar-refractivity contribution in [1.29, 1.82) is 0 Å². The Hall–Kier alpha value is -1.62. The molecule has 1 unspecified atom stereocenters. The van der Waals surface area contributed by atoms with Crippen LogP contribution in [-0.4, -0.2) is 23.5 Å². The minimum Gasteiger partial charge on any atom is -0.481 e. The van der Waals surface area contributed by atoms with E-state index in [0.29, 0.717) is 19.4 Å². The van der Waals surface area contributed by atoms with E-state index >= 15 is 0 Å². The lowest BCUT2D eigenvalue weighted by atomic mass is 9.96. The van der Waals surface area contributed by atoms with Gasteiger partial charge in [0.05, 0.1) is 10.6 Å². The Morgan fingerprint density at radius 2 is 2.10 bits per heavy atom. The van der Waals surface area contributed by atoms with E-state index in [0.717, 1.165) is 6.42 Å². The molecule has 6 heteroatoms. The lowest BCUT2D eigenvalue weighted by Gasteiger charge is -2.14. The van der Waals surface area contributed by atoms with Crippen LogP contribution in [0.2, 0.25) is 5.02 Å². The van der Waals surface area contributed by atoms with Gasteiger partial charge in [0.2, 0.25) is 0 Å². The summed E-state index contributed by atoms with van der Waals surface area (Å²) in [5.74, 6) is -1.81. The van der Waals surface area contributed by atoms with Gasteiger partial charge in [0, 0.05) is 13.0 Å². The van der Waals surface area contributed by atoms with Crippen LogP contribution in [0.5, 0.6) is 0 Å². The Kier molecular flexibility index (Phi) is 7.15. The van der Waals surface area contributed by atoms with E-state index in [1.165, 1.54) is 18.2 Å². The van der Waals surface area contributed by atoms with Gasteiger partial charge in [-0.1, -0.05) is 31.0 Å².